The number of rotatable bonds is 3. The summed E-state index contributed by atoms with van der Waals surface area (Å²) in [6, 6.07) is 17.1. The molecule has 0 unspecified atom stereocenters. The quantitative estimate of drug-likeness (QED) is 0.749. The van der Waals surface area contributed by atoms with Gasteiger partial charge in [0.05, 0.1) is 5.52 Å². The number of anilines is 2. The Hall–Kier alpha value is -2.88. The van der Waals surface area contributed by atoms with Gasteiger partial charge in [-0.2, -0.15) is 0 Å². The van der Waals surface area contributed by atoms with Gasteiger partial charge in [-0.05, 0) is 48.4 Å². The van der Waals surface area contributed by atoms with Crippen LogP contribution in [0.1, 0.15) is 12.5 Å². The first-order valence-corrected chi connectivity index (χ1v) is 7.26. The SMILES string of the molecule is CCc1ccc(NC(=O)Nc2ccc3ncccc3c2)cc1. The molecule has 22 heavy (non-hydrogen) atoms. The van der Waals surface area contributed by atoms with Gasteiger partial charge in [-0.25, -0.2) is 4.79 Å². The summed E-state index contributed by atoms with van der Waals surface area (Å²) in [4.78, 5) is 16.3. The lowest BCUT2D eigenvalue weighted by Crippen LogP contribution is -2.19. The van der Waals surface area contributed by atoms with Gasteiger partial charge in [0.2, 0.25) is 0 Å². The standard InChI is InChI=1S/C18H17N3O/c1-2-13-5-7-15(8-6-13)20-18(22)21-16-9-10-17-14(12-16)4-3-11-19-17/h3-12H,2H2,1H3,(H2,20,21,22). The predicted molar refractivity (Wildman–Crippen MR) is 90.2 cm³/mol. The van der Waals surface area contributed by atoms with E-state index in [2.05, 4.69) is 22.5 Å². The minimum Gasteiger partial charge on any atom is -0.308 e. The van der Waals surface area contributed by atoms with Crippen LogP contribution in [0.25, 0.3) is 10.9 Å². The van der Waals surface area contributed by atoms with Gasteiger partial charge in [0.15, 0.2) is 0 Å². The Morgan fingerprint density at radius 2 is 1.73 bits per heavy atom. The number of hydrogen-bond donors (Lipinski definition) is 2. The van der Waals surface area contributed by atoms with E-state index in [0.717, 1.165) is 28.7 Å². The molecule has 0 fully saturated rings. The Morgan fingerprint density at radius 1 is 1.00 bits per heavy atom. The van der Waals surface area contributed by atoms with Crippen molar-refractivity contribution in [1.82, 2.24) is 4.98 Å². The minimum absolute atomic E-state index is 0.257. The van der Waals surface area contributed by atoms with Crippen molar-refractivity contribution >= 4 is 28.3 Å². The van der Waals surface area contributed by atoms with Gasteiger partial charge in [-0.15, -0.1) is 0 Å². The molecule has 110 valence electrons. The number of benzene rings is 2. The smallest absolute Gasteiger partial charge is 0.308 e. The highest BCUT2D eigenvalue weighted by molar-refractivity contribution is 6.00. The Bertz CT molecular complexity index is 797. The summed E-state index contributed by atoms with van der Waals surface area (Å²) < 4.78 is 0. The van der Waals surface area contributed by atoms with E-state index in [4.69, 9.17) is 0 Å². The maximum absolute atomic E-state index is 12.0. The van der Waals surface area contributed by atoms with E-state index in [1.54, 1.807) is 6.20 Å². The number of fused-ring (bicyclic) bond motifs is 1. The van der Waals surface area contributed by atoms with Crippen LogP contribution in [0.4, 0.5) is 16.2 Å². The zero-order valence-electron chi connectivity index (χ0n) is 12.3. The van der Waals surface area contributed by atoms with Crippen LogP contribution in [0.5, 0.6) is 0 Å². The summed E-state index contributed by atoms with van der Waals surface area (Å²) in [5.41, 5.74) is 3.66. The first-order chi connectivity index (χ1) is 10.7. The van der Waals surface area contributed by atoms with Crippen molar-refractivity contribution < 1.29 is 4.79 Å². The first kappa shape index (κ1) is 14.1. The van der Waals surface area contributed by atoms with Crippen molar-refractivity contribution in [3.05, 3.63) is 66.4 Å². The molecule has 1 heterocycles. The maximum atomic E-state index is 12.0. The van der Waals surface area contributed by atoms with Gasteiger partial charge in [0.1, 0.15) is 0 Å². The maximum Gasteiger partial charge on any atom is 0.323 e. The van der Waals surface area contributed by atoms with Crippen LogP contribution in [0.15, 0.2) is 60.8 Å². The van der Waals surface area contributed by atoms with Crippen molar-refractivity contribution in [1.29, 1.82) is 0 Å². The molecule has 0 aliphatic rings. The van der Waals surface area contributed by atoms with Crippen molar-refractivity contribution in [3.8, 4) is 0 Å². The van der Waals surface area contributed by atoms with Gasteiger partial charge in [-0.3, -0.25) is 4.98 Å². The largest absolute Gasteiger partial charge is 0.323 e. The van der Waals surface area contributed by atoms with Gasteiger partial charge in [0, 0.05) is 23.0 Å². The van der Waals surface area contributed by atoms with Crippen molar-refractivity contribution in [3.63, 3.8) is 0 Å². The zero-order valence-corrected chi connectivity index (χ0v) is 12.3. The van der Waals surface area contributed by atoms with E-state index >= 15 is 0 Å². The molecule has 2 N–H and O–H groups in total. The third kappa shape index (κ3) is 3.23. The minimum atomic E-state index is -0.257. The van der Waals surface area contributed by atoms with E-state index < -0.39 is 0 Å². The average molecular weight is 291 g/mol. The summed E-state index contributed by atoms with van der Waals surface area (Å²) in [5, 5.41) is 6.65. The number of pyridine rings is 1. The van der Waals surface area contributed by atoms with Crippen LogP contribution >= 0.6 is 0 Å². The molecule has 2 aromatic carbocycles. The number of amides is 2. The van der Waals surface area contributed by atoms with Crippen LogP contribution in [0, 0.1) is 0 Å². The van der Waals surface area contributed by atoms with Gasteiger partial charge in [0.25, 0.3) is 0 Å². The highest BCUT2D eigenvalue weighted by Crippen LogP contribution is 2.17. The number of carbonyl (C=O) groups is 1. The second-order valence-electron chi connectivity index (χ2n) is 5.04. The lowest BCUT2D eigenvalue weighted by Gasteiger charge is -2.09. The number of aromatic nitrogens is 1. The lowest BCUT2D eigenvalue weighted by atomic mass is 10.1. The second-order valence-corrected chi connectivity index (χ2v) is 5.04. The van der Waals surface area contributed by atoms with Crippen LogP contribution in [0.2, 0.25) is 0 Å². The number of nitrogens with one attached hydrogen (secondary N) is 2. The molecule has 0 spiro atoms. The normalized spacial score (nSPS) is 10.4. The molecule has 0 bridgehead atoms. The molecule has 0 saturated carbocycles. The molecule has 1 aromatic heterocycles. The molecule has 0 aliphatic carbocycles. The molecular formula is C18H17N3O. The summed E-state index contributed by atoms with van der Waals surface area (Å²) in [5.74, 6) is 0. The molecule has 3 aromatic rings. The van der Waals surface area contributed by atoms with Gasteiger partial charge in [-0.1, -0.05) is 25.1 Å². The Morgan fingerprint density at radius 3 is 2.50 bits per heavy atom. The Kier molecular flexibility index (Phi) is 4.01. The van der Waals surface area contributed by atoms with Crippen molar-refractivity contribution in [2.45, 2.75) is 13.3 Å². The van der Waals surface area contributed by atoms with Crippen molar-refractivity contribution in [2.24, 2.45) is 0 Å². The van der Waals surface area contributed by atoms with Crippen LogP contribution in [-0.2, 0) is 6.42 Å². The van der Waals surface area contributed by atoms with Gasteiger partial charge >= 0.3 is 6.03 Å². The molecule has 0 radical (unpaired) electrons. The molecule has 4 nitrogen and oxygen atoms in total. The number of nitrogens with zero attached hydrogens (tertiary/aromatic N) is 1. The summed E-state index contributed by atoms with van der Waals surface area (Å²) in [7, 11) is 0. The fraction of sp³-hybridized carbons (Fsp3) is 0.111. The monoisotopic (exact) mass is 291 g/mol. The van der Waals surface area contributed by atoms with E-state index in [1.165, 1.54) is 5.56 Å². The van der Waals surface area contributed by atoms with Crippen LogP contribution in [0.3, 0.4) is 0 Å². The molecule has 0 aliphatic heterocycles. The fourth-order valence-corrected chi connectivity index (χ4v) is 2.27. The number of hydrogen-bond acceptors (Lipinski definition) is 2. The predicted octanol–water partition coefficient (Wildman–Crippen LogP) is 4.44. The third-order valence-electron chi connectivity index (χ3n) is 3.48. The van der Waals surface area contributed by atoms with Crippen molar-refractivity contribution in [2.75, 3.05) is 10.6 Å². The van der Waals surface area contributed by atoms with Gasteiger partial charge < -0.3 is 10.6 Å². The molecule has 3 rings (SSSR count). The highest BCUT2D eigenvalue weighted by Gasteiger charge is 2.03. The molecule has 0 saturated heterocycles. The number of carbonyl (C=O) groups excluding carboxylic acids is 1. The molecule has 4 heteroatoms. The van der Waals surface area contributed by atoms with Crippen LogP contribution < -0.4 is 10.6 Å². The van der Waals surface area contributed by atoms with E-state index in [0.29, 0.717) is 0 Å². The van der Waals surface area contributed by atoms with E-state index in [-0.39, 0.29) is 6.03 Å². The van der Waals surface area contributed by atoms with E-state index in [9.17, 15) is 4.79 Å². The molecule has 0 atom stereocenters. The first-order valence-electron chi connectivity index (χ1n) is 7.26. The topological polar surface area (TPSA) is 54.0 Å². The zero-order chi connectivity index (χ0) is 15.4. The summed E-state index contributed by atoms with van der Waals surface area (Å²) in [6.45, 7) is 2.10. The fourth-order valence-electron chi connectivity index (χ4n) is 2.27. The third-order valence-corrected chi connectivity index (χ3v) is 3.48. The number of aryl methyl sites for hydroxylation is 1. The summed E-state index contributed by atoms with van der Waals surface area (Å²) >= 11 is 0. The number of urea groups is 1. The van der Waals surface area contributed by atoms with Crippen LogP contribution in [-0.4, -0.2) is 11.0 Å². The average Bonchev–Trinajstić information content (AvgIpc) is 2.55. The van der Waals surface area contributed by atoms with E-state index in [1.807, 2.05) is 54.6 Å². The molecule has 2 amide bonds. The molecular weight excluding hydrogens is 274 g/mol. The Labute approximate surface area is 129 Å². The summed E-state index contributed by atoms with van der Waals surface area (Å²) in [6.07, 6.45) is 2.74. The second kappa shape index (κ2) is 6.26. The Balaban J connectivity index is 1.69. The lowest BCUT2D eigenvalue weighted by molar-refractivity contribution is 0.262. The highest BCUT2D eigenvalue weighted by atomic mass is 16.2.